The maximum absolute atomic E-state index is 14.3. The first-order valence-electron chi connectivity index (χ1n) is 10.1. The Hall–Kier alpha value is -3.49. The molecule has 2 amide bonds. The lowest BCUT2D eigenvalue weighted by molar-refractivity contribution is -0.163. The summed E-state index contributed by atoms with van der Waals surface area (Å²) < 4.78 is 33.7. The molecule has 2 aromatic rings. The highest BCUT2D eigenvalue weighted by atomic mass is 19.3. The van der Waals surface area contributed by atoms with Gasteiger partial charge in [0.2, 0.25) is 0 Å². The number of carboxylic acids is 1. The van der Waals surface area contributed by atoms with Gasteiger partial charge >= 0.3 is 18.0 Å². The summed E-state index contributed by atoms with van der Waals surface area (Å²) in [6.45, 7) is 0.106. The standard InChI is InChI=1S/C23H24F2N2O5/c1-3-19(20(28)29)27(2)21(30)23(24,25)13-26-22(31)32-12-18-16-10-6-4-8-14(16)15-9-5-7-11-17(15)18/h4-11,18-19H,3,12-13H2,1-2H3,(H,26,31)(H,28,29). The van der Waals surface area contributed by atoms with Gasteiger partial charge in [0.1, 0.15) is 12.6 Å². The third-order valence-electron chi connectivity index (χ3n) is 5.57. The average Bonchev–Trinajstić information content (AvgIpc) is 3.09. The highest BCUT2D eigenvalue weighted by molar-refractivity contribution is 5.88. The second-order valence-corrected chi connectivity index (χ2v) is 7.56. The Balaban J connectivity index is 1.60. The largest absolute Gasteiger partial charge is 0.480 e. The first-order chi connectivity index (χ1) is 15.2. The molecule has 1 unspecified atom stereocenters. The summed E-state index contributed by atoms with van der Waals surface area (Å²) in [5.74, 6) is -7.29. The number of amides is 2. The van der Waals surface area contributed by atoms with Crippen molar-refractivity contribution in [3.63, 3.8) is 0 Å². The number of hydrogen-bond acceptors (Lipinski definition) is 4. The molecule has 0 aromatic heterocycles. The Morgan fingerprint density at radius 1 is 1.09 bits per heavy atom. The number of alkyl halides is 2. The Labute approximate surface area is 184 Å². The molecule has 7 nitrogen and oxygen atoms in total. The van der Waals surface area contributed by atoms with Gasteiger partial charge in [0.25, 0.3) is 5.91 Å². The second-order valence-electron chi connectivity index (χ2n) is 7.56. The molecule has 32 heavy (non-hydrogen) atoms. The lowest BCUT2D eigenvalue weighted by atomic mass is 9.98. The van der Waals surface area contributed by atoms with E-state index in [2.05, 4.69) is 0 Å². The number of likely N-dealkylation sites (N-methyl/N-ethyl adjacent to an activating group) is 1. The Morgan fingerprint density at radius 3 is 2.12 bits per heavy atom. The lowest BCUT2D eigenvalue weighted by Gasteiger charge is -2.27. The maximum atomic E-state index is 14.3. The number of benzene rings is 2. The van der Waals surface area contributed by atoms with Crippen molar-refractivity contribution in [2.24, 2.45) is 0 Å². The molecule has 0 spiro atoms. The molecule has 0 saturated carbocycles. The number of nitrogens with one attached hydrogen (secondary N) is 1. The van der Waals surface area contributed by atoms with Crippen LogP contribution < -0.4 is 5.32 Å². The van der Waals surface area contributed by atoms with Crippen LogP contribution in [0.15, 0.2) is 48.5 Å². The molecule has 0 aliphatic heterocycles. The molecule has 2 aromatic carbocycles. The number of ether oxygens (including phenoxy) is 1. The molecule has 0 fully saturated rings. The summed E-state index contributed by atoms with van der Waals surface area (Å²) in [7, 11) is 0.992. The van der Waals surface area contributed by atoms with Crippen molar-refractivity contribution in [3.05, 3.63) is 59.7 Å². The van der Waals surface area contributed by atoms with Gasteiger partial charge in [-0.1, -0.05) is 55.5 Å². The first kappa shape index (κ1) is 23.2. The van der Waals surface area contributed by atoms with Gasteiger partial charge in [-0.05, 0) is 28.7 Å². The molecular formula is C23H24F2N2O5. The minimum absolute atomic E-state index is 0.0343. The fraction of sp³-hybridized carbons (Fsp3) is 0.348. The van der Waals surface area contributed by atoms with E-state index in [1.807, 2.05) is 53.8 Å². The van der Waals surface area contributed by atoms with Crippen molar-refractivity contribution in [1.82, 2.24) is 10.2 Å². The topological polar surface area (TPSA) is 95.9 Å². The van der Waals surface area contributed by atoms with E-state index in [-0.39, 0.29) is 18.9 Å². The normalized spacial score (nSPS) is 13.6. The number of halogens is 2. The van der Waals surface area contributed by atoms with Crippen molar-refractivity contribution in [2.75, 3.05) is 20.2 Å². The van der Waals surface area contributed by atoms with Crippen LogP contribution in [-0.4, -0.2) is 60.1 Å². The van der Waals surface area contributed by atoms with Crippen LogP contribution >= 0.6 is 0 Å². The number of carbonyl (C=O) groups is 3. The van der Waals surface area contributed by atoms with E-state index in [0.717, 1.165) is 29.3 Å². The second kappa shape index (κ2) is 9.33. The zero-order chi connectivity index (χ0) is 23.5. The molecule has 0 saturated heterocycles. The van der Waals surface area contributed by atoms with Crippen LogP contribution in [0.25, 0.3) is 11.1 Å². The minimum Gasteiger partial charge on any atom is -0.480 e. The molecule has 0 heterocycles. The van der Waals surface area contributed by atoms with E-state index in [9.17, 15) is 23.2 Å². The van der Waals surface area contributed by atoms with Gasteiger partial charge in [0.05, 0.1) is 6.54 Å². The molecule has 9 heteroatoms. The van der Waals surface area contributed by atoms with E-state index < -0.39 is 36.5 Å². The van der Waals surface area contributed by atoms with Crippen LogP contribution in [0.3, 0.4) is 0 Å². The van der Waals surface area contributed by atoms with E-state index in [0.29, 0.717) is 4.90 Å². The summed E-state index contributed by atoms with van der Waals surface area (Å²) >= 11 is 0. The van der Waals surface area contributed by atoms with Gasteiger partial charge < -0.3 is 20.1 Å². The molecule has 0 bridgehead atoms. The van der Waals surface area contributed by atoms with Gasteiger partial charge in [-0.2, -0.15) is 8.78 Å². The van der Waals surface area contributed by atoms with Crippen LogP contribution in [0.4, 0.5) is 13.6 Å². The number of alkyl carbamates (subject to hydrolysis) is 1. The number of nitrogens with zero attached hydrogens (tertiary/aromatic N) is 1. The van der Waals surface area contributed by atoms with Crippen molar-refractivity contribution in [3.8, 4) is 11.1 Å². The third kappa shape index (κ3) is 4.56. The zero-order valence-corrected chi connectivity index (χ0v) is 17.7. The molecule has 1 atom stereocenters. The summed E-state index contributed by atoms with van der Waals surface area (Å²) in [5, 5.41) is 11.0. The Morgan fingerprint density at radius 2 is 1.62 bits per heavy atom. The molecule has 3 rings (SSSR count). The number of carbonyl (C=O) groups excluding carboxylic acids is 2. The predicted octanol–water partition coefficient (Wildman–Crippen LogP) is 3.48. The summed E-state index contributed by atoms with van der Waals surface area (Å²) in [6.07, 6.45) is -1.12. The Kier molecular flexibility index (Phi) is 6.76. The fourth-order valence-corrected chi connectivity index (χ4v) is 3.92. The van der Waals surface area contributed by atoms with Crippen molar-refractivity contribution in [1.29, 1.82) is 0 Å². The number of hydrogen-bond donors (Lipinski definition) is 2. The number of rotatable bonds is 8. The maximum Gasteiger partial charge on any atom is 0.407 e. The van der Waals surface area contributed by atoms with Gasteiger partial charge in [-0.25, -0.2) is 9.59 Å². The van der Waals surface area contributed by atoms with Crippen molar-refractivity contribution in [2.45, 2.75) is 31.2 Å². The van der Waals surface area contributed by atoms with Crippen LogP contribution in [0, 0.1) is 0 Å². The minimum atomic E-state index is -3.98. The number of carboxylic acid groups (broad SMARTS) is 1. The van der Waals surface area contributed by atoms with Crippen molar-refractivity contribution < 1.29 is 33.0 Å². The predicted molar refractivity (Wildman–Crippen MR) is 113 cm³/mol. The van der Waals surface area contributed by atoms with Crippen LogP contribution in [-0.2, 0) is 14.3 Å². The van der Waals surface area contributed by atoms with E-state index in [1.54, 1.807) is 0 Å². The first-order valence-corrected chi connectivity index (χ1v) is 10.1. The molecule has 0 radical (unpaired) electrons. The van der Waals surface area contributed by atoms with Crippen LogP contribution in [0.1, 0.15) is 30.4 Å². The lowest BCUT2D eigenvalue weighted by Crippen LogP contribution is -2.53. The van der Waals surface area contributed by atoms with Crippen molar-refractivity contribution >= 4 is 18.0 Å². The van der Waals surface area contributed by atoms with Gasteiger partial charge in [-0.3, -0.25) is 4.79 Å². The molecule has 170 valence electrons. The quantitative estimate of drug-likeness (QED) is 0.647. The van der Waals surface area contributed by atoms with Gasteiger partial charge in [0.15, 0.2) is 0 Å². The SMILES string of the molecule is CCC(C(=O)O)N(C)C(=O)C(F)(F)CNC(=O)OCC1c2ccccc2-c2ccccc21. The number of fused-ring (bicyclic) bond motifs is 3. The smallest absolute Gasteiger partial charge is 0.407 e. The van der Waals surface area contributed by atoms with Gasteiger partial charge in [-0.15, -0.1) is 0 Å². The fourth-order valence-electron chi connectivity index (χ4n) is 3.92. The summed E-state index contributed by atoms with van der Waals surface area (Å²) in [6, 6.07) is 14.0. The van der Waals surface area contributed by atoms with Crippen LogP contribution in [0.2, 0.25) is 0 Å². The summed E-state index contributed by atoms with van der Waals surface area (Å²) in [5.41, 5.74) is 4.01. The molecule has 2 N–H and O–H groups in total. The number of aliphatic carboxylic acids is 1. The average molecular weight is 446 g/mol. The summed E-state index contributed by atoms with van der Waals surface area (Å²) in [4.78, 5) is 35.7. The highest BCUT2D eigenvalue weighted by Crippen LogP contribution is 2.44. The Bertz CT molecular complexity index is 981. The van der Waals surface area contributed by atoms with E-state index >= 15 is 0 Å². The van der Waals surface area contributed by atoms with Gasteiger partial charge in [0, 0.05) is 13.0 Å². The van der Waals surface area contributed by atoms with E-state index in [4.69, 9.17) is 9.84 Å². The third-order valence-corrected chi connectivity index (χ3v) is 5.57. The van der Waals surface area contributed by atoms with E-state index in [1.165, 1.54) is 6.92 Å². The zero-order valence-electron chi connectivity index (χ0n) is 17.7. The highest BCUT2D eigenvalue weighted by Gasteiger charge is 2.44. The molecule has 1 aliphatic rings. The monoisotopic (exact) mass is 446 g/mol. The molecular weight excluding hydrogens is 422 g/mol. The van der Waals surface area contributed by atoms with Crippen LogP contribution in [0.5, 0.6) is 0 Å². The molecule has 1 aliphatic carbocycles.